The zero-order valence-electron chi connectivity index (χ0n) is 16.7. The minimum absolute atomic E-state index is 0.0342. The largest absolute Gasteiger partial charge is 0.325 e. The van der Waals surface area contributed by atoms with Gasteiger partial charge in [0.05, 0.1) is 31.1 Å². The van der Waals surface area contributed by atoms with Gasteiger partial charge in [0.25, 0.3) is 5.91 Å². The Labute approximate surface area is 167 Å². The lowest BCUT2D eigenvalue weighted by Gasteiger charge is -2.32. The van der Waals surface area contributed by atoms with Gasteiger partial charge in [-0.25, -0.2) is 8.42 Å². The number of carbonyl (C=O) groups excluding carboxylic acids is 1. The number of para-hydroxylation sites is 1. The first-order chi connectivity index (χ1) is 13.3. The second-order valence-corrected chi connectivity index (χ2v) is 9.29. The van der Waals surface area contributed by atoms with E-state index in [0.717, 1.165) is 21.7 Å². The zero-order chi connectivity index (χ0) is 20.3. The van der Waals surface area contributed by atoms with Crippen molar-refractivity contribution in [3.05, 3.63) is 59.7 Å². The fourth-order valence-corrected chi connectivity index (χ4v) is 5.22. The molecule has 0 bridgehead atoms. The van der Waals surface area contributed by atoms with Gasteiger partial charge in [-0.3, -0.25) is 4.79 Å². The molecule has 0 unspecified atom stereocenters. The van der Waals surface area contributed by atoms with Crippen LogP contribution in [0.2, 0.25) is 0 Å². The Hall–Kier alpha value is -2.22. The van der Waals surface area contributed by atoms with Crippen LogP contribution in [0, 0.1) is 13.8 Å². The summed E-state index contributed by atoms with van der Waals surface area (Å²) in [5.74, 6) is 0.0342. The van der Waals surface area contributed by atoms with Crippen LogP contribution < -0.4 is 9.80 Å². The average Bonchev–Trinajstić information content (AvgIpc) is 2.68. The summed E-state index contributed by atoms with van der Waals surface area (Å²) in [4.78, 5) is 15.7. The standard InChI is InChI=1S/C21H27N3O3S/c1-17-9-10-20(18(2)15-17)28(26,27)24-13-11-23(12-14-24)16-21(25)22(3)19-7-5-4-6-8-19/h4-10,15H,11-14,16H2,1-3H3/p+1. The van der Waals surface area contributed by atoms with Crippen LogP contribution >= 0.6 is 0 Å². The van der Waals surface area contributed by atoms with Gasteiger partial charge in [-0.2, -0.15) is 4.31 Å². The SMILES string of the molecule is Cc1ccc(S(=O)(=O)N2CC[NH+](CC(=O)N(C)c3ccccc3)CC2)c(C)c1. The van der Waals surface area contributed by atoms with E-state index < -0.39 is 10.0 Å². The molecule has 1 amide bonds. The first-order valence-electron chi connectivity index (χ1n) is 9.51. The van der Waals surface area contributed by atoms with Gasteiger partial charge in [0.15, 0.2) is 6.54 Å². The Bertz CT molecular complexity index is 937. The van der Waals surface area contributed by atoms with Crippen molar-refractivity contribution in [2.24, 2.45) is 0 Å². The Kier molecular flexibility index (Phi) is 6.17. The van der Waals surface area contributed by atoms with Gasteiger partial charge in [0.2, 0.25) is 10.0 Å². The van der Waals surface area contributed by atoms with Crippen molar-refractivity contribution in [1.29, 1.82) is 0 Å². The molecule has 2 aromatic carbocycles. The second-order valence-electron chi connectivity index (χ2n) is 7.39. The number of piperazine rings is 1. The number of carbonyl (C=O) groups is 1. The lowest BCUT2D eigenvalue weighted by molar-refractivity contribution is -0.895. The minimum Gasteiger partial charge on any atom is -0.325 e. The molecule has 7 heteroatoms. The van der Waals surface area contributed by atoms with Crippen LogP contribution in [-0.4, -0.2) is 58.4 Å². The molecule has 0 atom stereocenters. The predicted octanol–water partition coefficient (Wildman–Crippen LogP) is 0.856. The van der Waals surface area contributed by atoms with E-state index in [2.05, 4.69) is 0 Å². The van der Waals surface area contributed by atoms with Gasteiger partial charge >= 0.3 is 0 Å². The van der Waals surface area contributed by atoms with Crippen LogP contribution in [0.25, 0.3) is 0 Å². The van der Waals surface area contributed by atoms with Gasteiger partial charge in [-0.1, -0.05) is 35.9 Å². The molecular weight excluding hydrogens is 374 g/mol. The van der Waals surface area contributed by atoms with Crippen LogP contribution in [0.4, 0.5) is 5.69 Å². The molecule has 0 aliphatic carbocycles. The number of amides is 1. The Balaban J connectivity index is 1.60. The molecule has 3 rings (SSSR count). The first kappa shape index (κ1) is 20.5. The van der Waals surface area contributed by atoms with Gasteiger partial charge in [0, 0.05) is 12.7 Å². The summed E-state index contributed by atoms with van der Waals surface area (Å²) in [7, 11) is -1.72. The van der Waals surface area contributed by atoms with Crippen LogP contribution in [0.3, 0.4) is 0 Å². The molecule has 28 heavy (non-hydrogen) atoms. The van der Waals surface area contributed by atoms with E-state index in [1.807, 2.05) is 56.3 Å². The third kappa shape index (κ3) is 4.43. The highest BCUT2D eigenvalue weighted by Crippen LogP contribution is 2.21. The van der Waals surface area contributed by atoms with Crippen molar-refractivity contribution in [2.75, 3.05) is 44.7 Å². The highest BCUT2D eigenvalue weighted by molar-refractivity contribution is 7.89. The van der Waals surface area contributed by atoms with Crippen molar-refractivity contribution in [2.45, 2.75) is 18.7 Å². The summed E-state index contributed by atoms with van der Waals surface area (Å²) in [6.45, 7) is 6.24. The van der Waals surface area contributed by atoms with E-state index in [1.54, 1.807) is 22.3 Å². The highest BCUT2D eigenvalue weighted by atomic mass is 32.2. The molecule has 0 spiro atoms. The molecule has 0 radical (unpaired) electrons. The zero-order valence-corrected chi connectivity index (χ0v) is 17.5. The van der Waals surface area contributed by atoms with Crippen molar-refractivity contribution in [3.63, 3.8) is 0 Å². The molecule has 1 heterocycles. The van der Waals surface area contributed by atoms with Gasteiger partial charge in [-0.15, -0.1) is 0 Å². The first-order valence-corrected chi connectivity index (χ1v) is 11.0. The lowest BCUT2D eigenvalue weighted by atomic mass is 10.2. The molecule has 6 nitrogen and oxygen atoms in total. The smallest absolute Gasteiger partial charge is 0.281 e. The number of nitrogens with one attached hydrogen (secondary N) is 1. The summed E-state index contributed by atoms with van der Waals surface area (Å²) >= 11 is 0. The number of hydrogen-bond donors (Lipinski definition) is 1. The van der Waals surface area contributed by atoms with Crippen LogP contribution in [0.1, 0.15) is 11.1 Å². The lowest BCUT2D eigenvalue weighted by Crippen LogP contribution is -3.15. The summed E-state index contributed by atoms with van der Waals surface area (Å²) in [6, 6.07) is 15.0. The summed E-state index contributed by atoms with van der Waals surface area (Å²) in [5.41, 5.74) is 2.68. The molecular formula is C21H28N3O3S+. The number of rotatable bonds is 5. The molecule has 1 aliphatic heterocycles. The Morgan fingerprint density at radius 2 is 1.71 bits per heavy atom. The Morgan fingerprint density at radius 1 is 1.07 bits per heavy atom. The van der Waals surface area contributed by atoms with Crippen LogP contribution in [-0.2, 0) is 14.8 Å². The average molecular weight is 403 g/mol. The quantitative estimate of drug-likeness (QED) is 0.807. The molecule has 0 saturated carbocycles. The monoisotopic (exact) mass is 402 g/mol. The molecule has 1 fully saturated rings. The number of anilines is 1. The highest BCUT2D eigenvalue weighted by Gasteiger charge is 2.32. The van der Waals surface area contributed by atoms with Gasteiger partial charge in [0.1, 0.15) is 0 Å². The molecule has 1 N–H and O–H groups in total. The van der Waals surface area contributed by atoms with E-state index in [-0.39, 0.29) is 5.91 Å². The van der Waals surface area contributed by atoms with Crippen molar-refractivity contribution < 1.29 is 18.1 Å². The summed E-state index contributed by atoms with van der Waals surface area (Å²) in [6.07, 6.45) is 0. The molecule has 2 aromatic rings. The number of aryl methyl sites for hydroxylation is 2. The van der Waals surface area contributed by atoms with Crippen LogP contribution in [0.5, 0.6) is 0 Å². The fourth-order valence-electron chi connectivity index (χ4n) is 3.58. The van der Waals surface area contributed by atoms with Crippen molar-refractivity contribution >= 4 is 21.6 Å². The summed E-state index contributed by atoms with van der Waals surface area (Å²) < 4.78 is 27.5. The third-order valence-electron chi connectivity index (χ3n) is 5.30. The number of quaternary nitrogens is 1. The maximum absolute atomic E-state index is 13.0. The number of likely N-dealkylation sites (N-methyl/N-ethyl adjacent to an activating group) is 1. The normalized spacial score (nSPS) is 16.1. The second kappa shape index (κ2) is 8.43. The topological polar surface area (TPSA) is 62.1 Å². The molecule has 0 aromatic heterocycles. The summed E-state index contributed by atoms with van der Waals surface area (Å²) in [5, 5.41) is 0. The Morgan fingerprint density at radius 3 is 2.32 bits per heavy atom. The molecule has 150 valence electrons. The van der Waals surface area contributed by atoms with E-state index in [4.69, 9.17) is 0 Å². The maximum atomic E-state index is 13.0. The number of benzene rings is 2. The van der Waals surface area contributed by atoms with Gasteiger partial charge in [-0.05, 0) is 37.6 Å². The molecule has 1 saturated heterocycles. The predicted molar refractivity (Wildman–Crippen MR) is 110 cm³/mol. The van der Waals surface area contributed by atoms with E-state index >= 15 is 0 Å². The van der Waals surface area contributed by atoms with Gasteiger partial charge < -0.3 is 9.80 Å². The third-order valence-corrected chi connectivity index (χ3v) is 7.36. The van der Waals surface area contributed by atoms with E-state index in [0.29, 0.717) is 37.6 Å². The van der Waals surface area contributed by atoms with Crippen molar-refractivity contribution in [3.8, 4) is 0 Å². The van der Waals surface area contributed by atoms with E-state index in [1.165, 1.54) is 0 Å². The van der Waals surface area contributed by atoms with Crippen LogP contribution in [0.15, 0.2) is 53.4 Å². The van der Waals surface area contributed by atoms with Crippen molar-refractivity contribution in [1.82, 2.24) is 4.31 Å². The number of sulfonamides is 1. The number of hydrogen-bond acceptors (Lipinski definition) is 3. The molecule has 1 aliphatic rings. The maximum Gasteiger partial charge on any atom is 0.281 e. The van der Waals surface area contributed by atoms with E-state index in [9.17, 15) is 13.2 Å². The fraction of sp³-hybridized carbons (Fsp3) is 0.381. The minimum atomic E-state index is -3.50. The number of nitrogens with zero attached hydrogens (tertiary/aromatic N) is 2.